The molecule has 2 aliphatic heterocycles. The number of aliphatic hydroxyl groups is 1. The van der Waals surface area contributed by atoms with Gasteiger partial charge in [0.05, 0.1) is 6.10 Å². The Labute approximate surface area is 106 Å². The first-order valence-electron chi connectivity index (χ1n) is 7.14. The molecule has 0 atom stereocenters. The lowest BCUT2D eigenvalue weighted by Crippen LogP contribution is -2.52. The molecular formula is C14H28N2O. The lowest BCUT2D eigenvalue weighted by atomic mass is 9.95. The smallest absolute Gasteiger partial charge is 0.0564 e. The molecule has 2 heterocycles. The van der Waals surface area contributed by atoms with E-state index in [1.807, 2.05) is 0 Å². The maximum Gasteiger partial charge on any atom is 0.0564 e. The van der Waals surface area contributed by atoms with Crippen LogP contribution in [0, 0.1) is 0 Å². The van der Waals surface area contributed by atoms with Crippen LogP contribution in [0.2, 0.25) is 0 Å². The molecule has 0 unspecified atom stereocenters. The fourth-order valence-electron chi connectivity index (χ4n) is 3.15. The lowest BCUT2D eigenvalue weighted by molar-refractivity contribution is 0.0211. The normalized spacial score (nSPS) is 27.5. The summed E-state index contributed by atoms with van der Waals surface area (Å²) in [6.45, 7) is 11.6. The molecule has 2 fully saturated rings. The molecule has 3 nitrogen and oxygen atoms in total. The van der Waals surface area contributed by atoms with E-state index < -0.39 is 0 Å². The molecule has 0 amide bonds. The van der Waals surface area contributed by atoms with E-state index in [2.05, 4.69) is 30.6 Å². The molecule has 3 heteroatoms. The highest BCUT2D eigenvalue weighted by molar-refractivity contribution is 4.87. The molecule has 0 aromatic heterocycles. The third-order valence-corrected chi connectivity index (χ3v) is 4.43. The van der Waals surface area contributed by atoms with Crippen LogP contribution < -0.4 is 0 Å². The van der Waals surface area contributed by atoms with Gasteiger partial charge in [0.2, 0.25) is 0 Å². The van der Waals surface area contributed by atoms with Gasteiger partial charge in [0.1, 0.15) is 0 Å². The Hall–Kier alpha value is -0.120. The van der Waals surface area contributed by atoms with Gasteiger partial charge in [-0.1, -0.05) is 0 Å². The molecule has 2 saturated heterocycles. The van der Waals surface area contributed by atoms with Crippen LogP contribution in [-0.4, -0.2) is 58.8 Å². The zero-order valence-corrected chi connectivity index (χ0v) is 11.7. The Morgan fingerprint density at radius 2 is 1.41 bits per heavy atom. The number of hydrogen-bond acceptors (Lipinski definition) is 3. The lowest BCUT2D eigenvalue weighted by Gasteiger charge is -2.45. The minimum atomic E-state index is -0.0408. The molecule has 100 valence electrons. The predicted molar refractivity (Wildman–Crippen MR) is 71.2 cm³/mol. The van der Waals surface area contributed by atoms with Crippen molar-refractivity contribution in [2.75, 3.05) is 26.2 Å². The van der Waals surface area contributed by atoms with E-state index in [4.69, 9.17) is 0 Å². The second-order valence-electron chi connectivity index (χ2n) is 6.66. The Morgan fingerprint density at radius 3 is 1.88 bits per heavy atom. The van der Waals surface area contributed by atoms with Crippen LogP contribution in [0.15, 0.2) is 0 Å². The van der Waals surface area contributed by atoms with Crippen molar-refractivity contribution in [3.63, 3.8) is 0 Å². The van der Waals surface area contributed by atoms with E-state index in [1.165, 1.54) is 25.9 Å². The Balaban J connectivity index is 1.79. The first-order valence-corrected chi connectivity index (χ1v) is 7.14. The Bertz CT molecular complexity index is 233. The molecule has 0 bridgehead atoms. The minimum Gasteiger partial charge on any atom is -0.393 e. The fourth-order valence-corrected chi connectivity index (χ4v) is 3.15. The highest BCUT2D eigenvalue weighted by atomic mass is 16.3. The van der Waals surface area contributed by atoms with E-state index in [0.29, 0.717) is 5.54 Å². The average Bonchev–Trinajstić information content (AvgIpc) is 2.29. The van der Waals surface area contributed by atoms with Gasteiger partial charge in [0.25, 0.3) is 0 Å². The number of rotatable bonds is 1. The number of aliphatic hydroxyl groups excluding tert-OH is 1. The van der Waals surface area contributed by atoms with Gasteiger partial charge in [0, 0.05) is 37.8 Å². The summed E-state index contributed by atoms with van der Waals surface area (Å²) in [5.74, 6) is 0. The van der Waals surface area contributed by atoms with E-state index in [1.54, 1.807) is 0 Å². The number of piperidine rings is 2. The summed E-state index contributed by atoms with van der Waals surface area (Å²) >= 11 is 0. The second-order valence-corrected chi connectivity index (χ2v) is 6.66. The quantitative estimate of drug-likeness (QED) is 0.756. The Kier molecular flexibility index (Phi) is 4.11. The van der Waals surface area contributed by atoms with Crippen molar-refractivity contribution in [1.29, 1.82) is 0 Å². The van der Waals surface area contributed by atoms with Crippen LogP contribution in [0.1, 0.15) is 46.5 Å². The van der Waals surface area contributed by atoms with E-state index in [0.717, 1.165) is 32.0 Å². The van der Waals surface area contributed by atoms with Crippen molar-refractivity contribution in [2.45, 2.75) is 64.1 Å². The second kappa shape index (κ2) is 5.25. The van der Waals surface area contributed by atoms with Crippen LogP contribution in [-0.2, 0) is 0 Å². The minimum absolute atomic E-state index is 0.0408. The molecule has 0 radical (unpaired) electrons. The summed E-state index contributed by atoms with van der Waals surface area (Å²) < 4.78 is 0. The molecule has 0 aliphatic carbocycles. The maximum atomic E-state index is 9.54. The van der Waals surface area contributed by atoms with Gasteiger partial charge in [-0.25, -0.2) is 0 Å². The molecule has 2 aliphatic rings. The number of hydrogen-bond donors (Lipinski definition) is 1. The maximum absolute atomic E-state index is 9.54. The van der Waals surface area contributed by atoms with Crippen molar-refractivity contribution < 1.29 is 5.11 Å². The van der Waals surface area contributed by atoms with Crippen molar-refractivity contribution in [3.05, 3.63) is 0 Å². The standard InChI is InChI=1S/C14H28N2O/c1-14(2,3)16-10-4-12(5-11-16)15-8-6-13(17)7-9-15/h12-13,17H,4-11H2,1-3H3. The highest BCUT2D eigenvalue weighted by Gasteiger charge is 2.31. The fraction of sp³-hybridized carbons (Fsp3) is 1.00. The largest absolute Gasteiger partial charge is 0.393 e. The van der Waals surface area contributed by atoms with Gasteiger partial charge >= 0.3 is 0 Å². The van der Waals surface area contributed by atoms with E-state index in [9.17, 15) is 5.11 Å². The van der Waals surface area contributed by atoms with Gasteiger partial charge in [-0.05, 0) is 46.5 Å². The van der Waals surface area contributed by atoms with E-state index >= 15 is 0 Å². The van der Waals surface area contributed by atoms with Crippen LogP contribution in [0.5, 0.6) is 0 Å². The SMILES string of the molecule is CC(C)(C)N1CCC(N2CCC(O)CC2)CC1. The summed E-state index contributed by atoms with van der Waals surface area (Å²) in [6.07, 6.45) is 4.50. The van der Waals surface area contributed by atoms with Crippen LogP contribution in [0.4, 0.5) is 0 Å². The number of nitrogens with zero attached hydrogens (tertiary/aromatic N) is 2. The number of likely N-dealkylation sites (tertiary alicyclic amines) is 2. The molecule has 2 rings (SSSR count). The first-order chi connectivity index (χ1) is 7.97. The summed E-state index contributed by atoms with van der Waals surface area (Å²) in [5.41, 5.74) is 0.322. The zero-order valence-electron chi connectivity index (χ0n) is 11.7. The third kappa shape index (κ3) is 3.43. The molecule has 1 N–H and O–H groups in total. The molecule has 17 heavy (non-hydrogen) atoms. The first kappa shape index (κ1) is 13.3. The monoisotopic (exact) mass is 240 g/mol. The zero-order chi connectivity index (χ0) is 12.5. The summed E-state index contributed by atoms with van der Waals surface area (Å²) in [5, 5.41) is 9.54. The van der Waals surface area contributed by atoms with Gasteiger partial charge in [-0.2, -0.15) is 0 Å². The average molecular weight is 240 g/mol. The van der Waals surface area contributed by atoms with Crippen LogP contribution in [0.25, 0.3) is 0 Å². The summed E-state index contributed by atoms with van der Waals surface area (Å²) in [7, 11) is 0. The third-order valence-electron chi connectivity index (χ3n) is 4.43. The van der Waals surface area contributed by atoms with Crippen molar-refractivity contribution in [3.8, 4) is 0 Å². The molecule has 0 saturated carbocycles. The van der Waals surface area contributed by atoms with Crippen molar-refractivity contribution in [2.24, 2.45) is 0 Å². The topological polar surface area (TPSA) is 26.7 Å². The highest BCUT2D eigenvalue weighted by Crippen LogP contribution is 2.25. The van der Waals surface area contributed by atoms with Gasteiger partial charge in [0.15, 0.2) is 0 Å². The van der Waals surface area contributed by atoms with Crippen LogP contribution >= 0.6 is 0 Å². The molecule has 0 aromatic carbocycles. The van der Waals surface area contributed by atoms with Crippen molar-refractivity contribution >= 4 is 0 Å². The van der Waals surface area contributed by atoms with Crippen molar-refractivity contribution in [1.82, 2.24) is 9.80 Å². The van der Waals surface area contributed by atoms with E-state index in [-0.39, 0.29) is 6.10 Å². The Morgan fingerprint density at radius 1 is 0.882 bits per heavy atom. The van der Waals surface area contributed by atoms with Crippen LogP contribution in [0.3, 0.4) is 0 Å². The summed E-state index contributed by atoms with van der Waals surface area (Å²) in [6, 6.07) is 0.765. The van der Waals surface area contributed by atoms with Gasteiger partial charge < -0.3 is 10.0 Å². The van der Waals surface area contributed by atoms with Gasteiger partial charge in [-0.15, -0.1) is 0 Å². The predicted octanol–water partition coefficient (Wildman–Crippen LogP) is 1.71. The molecule has 0 aromatic rings. The van der Waals surface area contributed by atoms with Gasteiger partial charge in [-0.3, -0.25) is 4.90 Å². The molecular weight excluding hydrogens is 212 g/mol. The molecule has 0 spiro atoms. The summed E-state index contributed by atoms with van der Waals surface area (Å²) in [4.78, 5) is 5.20.